The number of furan rings is 1. The highest BCUT2D eigenvalue weighted by molar-refractivity contribution is 5.91. The molecule has 0 aliphatic heterocycles. The Balaban J connectivity index is 1.99. The van der Waals surface area contributed by atoms with Gasteiger partial charge in [-0.15, -0.1) is 0 Å². The molecule has 2 rings (SSSR count). The van der Waals surface area contributed by atoms with Gasteiger partial charge in [0, 0.05) is 6.54 Å². The standard InChI is InChI=1S/C13H12N2O4/c1-9-3-2-4-10(7-9)8-14-13(16)11-5-6-12(19-11)15(17)18/h2-7H,8H2,1H3,(H,14,16). The molecule has 1 aromatic carbocycles. The van der Waals surface area contributed by atoms with Crippen molar-refractivity contribution in [2.45, 2.75) is 13.5 Å². The largest absolute Gasteiger partial charge is 0.433 e. The highest BCUT2D eigenvalue weighted by Crippen LogP contribution is 2.15. The summed E-state index contributed by atoms with van der Waals surface area (Å²) in [6.45, 7) is 2.30. The zero-order valence-electron chi connectivity index (χ0n) is 10.3. The number of nitro groups is 1. The summed E-state index contributed by atoms with van der Waals surface area (Å²) in [7, 11) is 0. The summed E-state index contributed by atoms with van der Waals surface area (Å²) >= 11 is 0. The van der Waals surface area contributed by atoms with Gasteiger partial charge >= 0.3 is 5.88 Å². The van der Waals surface area contributed by atoms with Crippen LogP contribution < -0.4 is 5.32 Å². The summed E-state index contributed by atoms with van der Waals surface area (Å²) in [6.07, 6.45) is 0. The Morgan fingerprint density at radius 1 is 1.37 bits per heavy atom. The van der Waals surface area contributed by atoms with Crippen molar-refractivity contribution in [3.63, 3.8) is 0 Å². The average molecular weight is 260 g/mol. The molecule has 6 nitrogen and oxygen atoms in total. The number of benzene rings is 1. The summed E-state index contributed by atoms with van der Waals surface area (Å²) in [5.41, 5.74) is 2.05. The number of nitrogens with one attached hydrogen (secondary N) is 1. The van der Waals surface area contributed by atoms with Crippen LogP contribution in [0.2, 0.25) is 0 Å². The number of nitrogens with zero attached hydrogens (tertiary/aromatic N) is 1. The first-order valence-corrected chi connectivity index (χ1v) is 5.64. The zero-order chi connectivity index (χ0) is 13.8. The molecule has 98 valence electrons. The van der Waals surface area contributed by atoms with Crippen LogP contribution in [0.3, 0.4) is 0 Å². The number of carbonyl (C=O) groups excluding carboxylic acids is 1. The molecular formula is C13H12N2O4. The van der Waals surface area contributed by atoms with Gasteiger partial charge in [-0.05, 0) is 18.6 Å². The molecule has 0 aliphatic rings. The number of amides is 1. The van der Waals surface area contributed by atoms with Crippen molar-refractivity contribution >= 4 is 11.8 Å². The molecule has 0 saturated heterocycles. The van der Waals surface area contributed by atoms with E-state index in [1.165, 1.54) is 6.07 Å². The van der Waals surface area contributed by atoms with Crippen LogP contribution in [0.5, 0.6) is 0 Å². The Hall–Kier alpha value is -2.63. The fraction of sp³-hybridized carbons (Fsp3) is 0.154. The summed E-state index contributed by atoms with van der Waals surface area (Å²) in [4.78, 5) is 21.5. The molecule has 0 fully saturated rings. The molecule has 1 heterocycles. The van der Waals surface area contributed by atoms with Gasteiger partial charge in [-0.3, -0.25) is 14.9 Å². The summed E-state index contributed by atoms with van der Waals surface area (Å²) in [5.74, 6) is -0.991. The molecule has 0 unspecified atom stereocenters. The zero-order valence-corrected chi connectivity index (χ0v) is 10.3. The molecule has 0 saturated carbocycles. The normalized spacial score (nSPS) is 10.2. The Morgan fingerprint density at radius 3 is 2.79 bits per heavy atom. The third-order valence-corrected chi connectivity index (χ3v) is 2.53. The van der Waals surface area contributed by atoms with Crippen molar-refractivity contribution in [1.82, 2.24) is 5.32 Å². The van der Waals surface area contributed by atoms with Gasteiger partial charge in [-0.2, -0.15) is 0 Å². The van der Waals surface area contributed by atoms with Gasteiger partial charge in [0.05, 0.1) is 6.07 Å². The van der Waals surface area contributed by atoms with Crippen molar-refractivity contribution < 1.29 is 14.1 Å². The van der Waals surface area contributed by atoms with Gasteiger partial charge in [-0.1, -0.05) is 29.8 Å². The first kappa shape index (κ1) is 12.8. The number of hydrogen-bond acceptors (Lipinski definition) is 4. The SMILES string of the molecule is Cc1cccc(CNC(=O)c2ccc([N+](=O)[O-])o2)c1. The molecule has 1 amide bonds. The van der Waals surface area contributed by atoms with E-state index in [0.717, 1.165) is 17.2 Å². The van der Waals surface area contributed by atoms with Crippen LogP contribution in [-0.4, -0.2) is 10.8 Å². The maximum Gasteiger partial charge on any atom is 0.433 e. The topological polar surface area (TPSA) is 85.4 Å². The molecule has 1 N–H and O–H groups in total. The minimum Gasteiger partial charge on any atom is -0.395 e. The second kappa shape index (κ2) is 5.34. The van der Waals surface area contributed by atoms with E-state index in [1.807, 2.05) is 31.2 Å². The monoisotopic (exact) mass is 260 g/mol. The number of rotatable bonds is 4. The van der Waals surface area contributed by atoms with Gasteiger partial charge < -0.3 is 9.73 Å². The van der Waals surface area contributed by atoms with Crippen LogP contribution in [0.15, 0.2) is 40.8 Å². The smallest absolute Gasteiger partial charge is 0.395 e. The lowest BCUT2D eigenvalue weighted by Gasteiger charge is -2.03. The Labute approximate surface area is 109 Å². The van der Waals surface area contributed by atoms with Crippen LogP contribution in [0.1, 0.15) is 21.7 Å². The highest BCUT2D eigenvalue weighted by atomic mass is 16.6. The third-order valence-electron chi connectivity index (χ3n) is 2.53. The Kier molecular flexibility index (Phi) is 3.61. The highest BCUT2D eigenvalue weighted by Gasteiger charge is 2.16. The van der Waals surface area contributed by atoms with Crippen LogP contribution in [0.25, 0.3) is 0 Å². The van der Waals surface area contributed by atoms with Gasteiger partial charge in [0.15, 0.2) is 5.76 Å². The van der Waals surface area contributed by atoms with E-state index in [-0.39, 0.29) is 5.76 Å². The summed E-state index contributed by atoms with van der Waals surface area (Å²) in [5, 5.41) is 13.1. The number of aryl methyl sites for hydroxylation is 1. The first-order chi connectivity index (χ1) is 9.06. The molecule has 1 aromatic heterocycles. The van der Waals surface area contributed by atoms with Crippen molar-refractivity contribution in [2.24, 2.45) is 0 Å². The third kappa shape index (κ3) is 3.19. The molecule has 0 atom stereocenters. The lowest BCUT2D eigenvalue weighted by Crippen LogP contribution is -2.22. The van der Waals surface area contributed by atoms with E-state index in [2.05, 4.69) is 5.32 Å². The molecule has 0 radical (unpaired) electrons. The molecule has 0 spiro atoms. The first-order valence-electron chi connectivity index (χ1n) is 5.64. The number of carbonyl (C=O) groups is 1. The second-order valence-electron chi connectivity index (χ2n) is 4.07. The van der Waals surface area contributed by atoms with E-state index < -0.39 is 16.7 Å². The predicted molar refractivity (Wildman–Crippen MR) is 67.7 cm³/mol. The Bertz CT molecular complexity index is 619. The van der Waals surface area contributed by atoms with E-state index in [0.29, 0.717) is 6.54 Å². The lowest BCUT2D eigenvalue weighted by atomic mass is 10.1. The minimum absolute atomic E-state index is 0.0700. The van der Waals surface area contributed by atoms with Crippen LogP contribution >= 0.6 is 0 Å². The van der Waals surface area contributed by atoms with Gasteiger partial charge in [-0.25, -0.2) is 0 Å². The molecule has 0 bridgehead atoms. The molecule has 6 heteroatoms. The quantitative estimate of drug-likeness (QED) is 0.675. The average Bonchev–Trinajstić information content (AvgIpc) is 2.86. The van der Waals surface area contributed by atoms with E-state index in [9.17, 15) is 14.9 Å². The maximum atomic E-state index is 11.7. The molecular weight excluding hydrogens is 248 g/mol. The summed E-state index contributed by atoms with van der Waals surface area (Å²) < 4.78 is 4.81. The van der Waals surface area contributed by atoms with Crippen molar-refractivity contribution in [3.05, 3.63) is 63.4 Å². The van der Waals surface area contributed by atoms with Crippen molar-refractivity contribution in [3.8, 4) is 0 Å². The second-order valence-corrected chi connectivity index (χ2v) is 4.07. The van der Waals surface area contributed by atoms with Crippen LogP contribution in [0, 0.1) is 17.0 Å². The van der Waals surface area contributed by atoms with E-state index >= 15 is 0 Å². The van der Waals surface area contributed by atoms with E-state index in [1.54, 1.807) is 0 Å². The lowest BCUT2D eigenvalue weighted by molar-refractivity contribution is -0.402. The number of hydrogen-bond donors (Lipinski definition) is 1. The fourth-order valence-corrected chi connectivity index (χ4v) is 1.64. The van der Waals surface area contributed by atoms with Crippen molar-refractivity contribution in [2.75, 3.05) is 0 Å². The van der Waals surface area contributed by atoms with Crippen LogP contribution in [0.4, 0.5) is 5.88 Å². The van der Waals surface area contributed by atoms with Gasteiger partial charge in [0.2, 0.25) is 0 Å². The molecule has 2 aromatic rings. The molecule has 19 heavy (non-hydrogen) atoms. The Morgan fingerprint density at radius 2 is 2.16 bits per heavy atom. The maximum absolute atomic E-state index is 11.7. The predicted octanol–water partition coefficient (Wildman–Crippen LogP) is 2.43. The fourth-order valence-electron chi connectivity index (χ4n) is 1.64. The van der Waals surface area contributed by atoms with E-state index in [4.69, 9.17) is 4.42 Å². The van der Waals surface area contributed by atoms with Crippen molar-refractivity contribution in [1.29, 1.82) is 0 Å². The van der Waals surface area contributed by atoms with Gasteiger partial charge in [0.1, 0.15) is 4.92 Å². The summed E-state index contributed by atoms with van der Waals surface area (Å²) in [6, 6.07) is 10.1. The van der Waals surface area contributed by atoms with Gasteiger partial charge in [0.25, 0.3) is 5.91 Å². The minimum atomic E-state index is -0.683. The molecule has 0 aliphatic carbocycles. The van der Waals surface area contributed by atoms with Crippen LogP contribution in [-0.2, 0) is 6.54 Å².